The zero-order valence-corrected chi connectivity index (χ0v) is 14.5. The Hall–Kier alpha value is -2.12. The Bertz CT molecular complexity index is 806. The molecule has 1 fully saturated rings. The summed E-state index contributed by atoms with van der Waals surface area (Å²) in [4.78, 5) is 4.37. The van der Waals surface area contributed by atoms with Gasteiger partial charge in [0, 0.05) is 12.2 Å². The summed E-state index contributed by atoms with van der Waals surface area (Å²) in [6.45, 7) is 2.64. The average Bonchev–Trinajstić information content (AvgIpc) is 3.06. The van der Waals surface area contributed by atoms with E-state index in [0.29, 0.717) is 31.0 Å². The van der Waals surface area contributed by atoms with Crippen LogP contribution in [0, 0.1) is 6.92 Å². The standard InChI is InChI=1S/C17H20N2O4S/c1-13-7-8-14(11-18-13)23-15-9-10-19(12-15)24(20,21)17-6-4-3-5-16(17)22-2/h3-8,11,15H,9-10,12H2,1-2H3. The Kier molecular flexibility index (Phi) is 4.73. The Balaban J connectivity index is 1.73. The van der Waals surface area contributed by atoms with Crippen molar-refractivity contribution in [2.75, 3.05) is 20.2 Å². The number of methoxy groups -OCH3 is 1. The molecule has 128 valence electrons. The minimum atomic E-state index is -3.60. The lowest BCUT2D eigenvalue weighted by molar-refractivity contribution is 0.214. The molecule has 0 amide bonds. The van der Waals surface area contributed by atoms with Gasteiger partial charge in [-0.25, -0.2) is 8.42 Å². The highest BCUT2D eigenvalue weighted by Gasteiger charge is 2.35. The maximum absolute atomic E-state index is 12.8. The number of benzene rings is 1. The summed E-state index contributed by atoms with van der Waals surface area (Å²) in [6, 6.07) is 10.4. The Labute approximate surface area is 142 Å². The molecular formula is C17H20N2O4S. The highest BCUT2D eigenvalue weighted by molar-refractivity contribution is 7.89. The maximum Gasteiger partial charge on any atom is 0.246 e. The van der Waals surface area contributed by atoms with Crippen LogP contribution in [0.2, 0.25) is 0 Å². The topological polar surface area (TPSA) is 68.7 Å². The number of aryl methyl sites for hydroxylation is 1. The molecule has 1 aromatic heterocycles. The molecule has 3 rings (SSSR count). The van der Waals surface area contributed by atoms with Crippen molar-refractivity contribution in [1.82, 2.24) is 9.29 Å². The van der Waals surface area contributed by atoms with Gasteiger partial charge in [-0.15, -0.1) is 0 Å². The number of para-hydroxylation sites is 1. The van der Waals surface area contributed by atoms with E-state index in [-0.39, 0.29) is 11.0 Å². The molecule has 0 radical (unpaired) electrons. The first-order chi connectivity index (χ1) is 11.5. The fourth-order valence-corrected chi connectivity index (χ4v) is 4.34. The van der Waals surface area contributed by atoms with Gasteiger partial charge in [0.1, 0.15) is 22.5 Å². The third kappa shape index (κ3) is 3.37. The van der Waals surface area contributed by atoms with E-state index in [1.165, 1.54) is 11.4 Å². The fraction of sp³-hybridized carbons (Fsp3) is 0.353. The lowest BCUT2D eigenvalue weighted by atomic mass is 10.3. The van der Waals surface area contributed by atoms with Crippen molar-refractivity contribution in [3.63, 3.8) is 0 Å². The highest BCUT2D eigenvalue weighted by atomic mass is 32.2. The average molecular weight is 348 g/mol. The predicted molar refractivity (Wildman–Crippen MR) is 89.8 cm³/mol. The summed E-state index contributed by atoms with van der Waals surface area (Å²) in [5.74, 6) is 1.01. The molecule has 24 heavy (non-hydrogen) atoms. The first kappa shape index (κ1) is 16.7. The Morgan fingerprint density at radius 3 is 2.71 bits per heavy atom. The van der Waals surface area contributed by atoms with Crippen molar-refractivity contribution < 1.29 is 17.9 Å². The monoisotopic (exact) mass is 348 g/mol. The molecule has 1 aliphatic heterocycles. The van der Waals surface area contributed by atoms with E-state index in [0.717, 1.165) is 5.69 Å². The van der Waals surface area contributed by atoms with E-state index in [2.05, 4.69) is 4.98 Å². The normalized spacial score (nSPS) is 18.5. The number of sulfonamides is 1. The number of hydrogen-bond acceptors (Lipinski definition) is 5. The summed E-state index contributed by atoms with van der Waals surface area (Å²) in [7, 11) is -2.13. The summed E-state index contributed by atoms with van der Waals surface area (Å²) in [5, 5.41) is 0. The van der Waals surface area contributed by atoms with Crippen LogP contribution in [0.1, 0.15) is 12.1 Å². The smallest absolute Gasteiger partial charge is 0.246 e. The molecule has 6 nitrogen and oxygen atoms in total. The van der Waals surface area contributed by atoms with Gasteiger partial charge in [-0.1, -0.05) is 12.1 Å². The number of aromatic nitrogens is 1. The number of rotatable bonds is 5. The first-order valence-corrected chi connectivity index (χ1v) is 9.17. The van der Waals surface area contributed by atoms with E-state index in [1.807, 2.05) is 19.1 Å². The number of nitrogens with zero attached hydrogens (tertiary/aromatic N) is 2. The summed E-state index contributed by atoms with van der Waals surface area (Å²) in [6.07, 6.45) is 2.12. The molecule has 1 aromatic carbocycles. The minimum Gasteiger partial charge on any atom is -0.495 e. The molecule has 0 spiro atoms. The van der Waals surface area contributed by atoms with Crippen LogP contribution < -0.4 is 9.47 Å². The van der Waals surface area contributed by atoms with E-state index in [9.17, 15) is 8.42 Å². The van der Waals surface area contributed by atoms with Crippen LogP contribution in [-0.4, -0.2) is 44.0 Å². The third-order valence-corrected chi connectivity index (χ3v) is 5.89. The van der Waals surface area contributed by atoms with E-state index in [1.54, 1.807) is 30.5 Å². The number of hydrogen-bond donors (Lipinski definition) is 0. The molecule has 0 saturated carbocycles. The number of pyridine rings is 1. The van der Waals surface area contributed by atoms with Crippen molar-refractivity contribution in [3.8, 4) is 11.5 Å². The second-order valence-electron chi connectivity index (χ2n) is 5.68. The van der Waals surface area contributed by atoms with Crippen molar-refractivity contribution >= 4 is 10.0 Å². The van der Waals surface area contributed by atoms with Gasteiger partial charge in [-0.05, 0) is 37.6 Å². The van der Waals surface area contributed by atoms with Crippen LogP contribution >= 0.6 is 0 Å². The van der Waals surface area contributed by atoms with Gasteiger partial charge in [0.15, 0.2) is 0 Å². The van der Waals surface area contributed by atoms with Gasteiger partial charge >= 0.3 is 0 Å². The van der Waals surface area contributed by atoms with E-state index in [4.69, 9.17) is 9.47 Å². The van der Waals surface area contributed by atoms with Crippen molar-refractivity contribution in [2.45, 2.75) is 24.3 Å². The van der Waals surface area contributed by atoms with Crippen LogP contribution in [-0.2, 0) is 10.0 Å². The summed E-state index contributed by atoms with van der Waals surface area (Å²) < 4.78 is 38.1. The van der Waals surface area contributed by atoms with Gasteiger partial charge in [0.2, 0.25) is 10.0 Å². The van der Waals surface area contributed by atoms with Crippen molar-refractivity contribution in [3.05, 3.63) is 48.3 Å². The molecule has 7 heteroatoms. The quantitative estimate of drug-likeness (QED) is 0.829. The van der Waals surface area contributed by atoms with Gasteiger partial charge in [0.05, 0.1) is 19.9 Å². The molecule has 1 aliphatic rings. The summed E-state index contributed by atoms with van der Waals surface area (Å²) >= 11 is 0. The molecule has 0 bridgehead atoms. The van der Waals surface area contributed by atoms with Crippen LogP contribution in [0.3, 0.4) is 0 Å². The zero-order valence-electron chi connectivity index (χ0n) is 13.7. The molecule has 1 atom stereocenters. The van der Waals surface area contributed by atoms with Gasteiger partial charge < -0.3 is 9.47 Å². The van der Waals surface area contributed by atoms with Crippen molar-refractivity contribution in [1.29, 1.82) is 0 Å². The third-order valence-electron chi connectivity index (χ3n) is 3.98. The minimum absolute atomic E-state index is 0.181. The van der Waals surface area contributed by atoms with Crippen LogP contribution in [0.15, 0.2) is 47.5 Å². The molecule has 2 aromatic rings. The largest absolute Gasteiger partial charge is 0.495 e. The lowest BCUT2D eigenvalue weighted by Crippen LogP contribution is -2.31. The van der Waals surface area contributed by atoms with Gasteiger partial charge in [-0.3, -0.25) is 4.98 Å². The highest BCUT2D eigenvalue weighted by Crippen LogP contribution is 2.29. The lowest BCUT2D eigenvalue weighted by Gasteiger charge is -2.18. The summed E-state index contributed by atoms with van der Waals surface area (Å²) in [5.41, 5.74) is 0.911. The van der Waals surface area contributed by atoms with Crippen LogP contribution in [0.25, 0.3) is 0 Å². The number of ether oxygens (including phenoxy) is 2. The van der Waals surface area contributed by atoms with Crippen molar-refractivity contribution in [2.24, 2.45) is 0 Å². The first-order valence-electron chi connectivity index (χ1n) is 7.73. The molecule has 1 unspecified atom stereocenters. The molecule has 0 aliphatic carbocycles. The van der Waals surface area contributed by atoms with Gasteiger partial charge in [-0.2, -0.15) is 4.31 Å². The second-order valence-corrected chi connectivity index (χ2v) is 7.58. The zero-order chi connectivity index (χ0) is 17.2. The van der Waals surface area contributed by atoms with Crippen LogP contribution in [0.4, 0.5) is 0 Å². The predicted octanol–water partition coefficient (Wildman–Crippen LogP) is 2.24. The Morgan fingerprint density at radius 2 is 2.00 bits per heavy atom. The maximum atomic E-state index is 12.8. The van der Waals surface area contributed by atoms with E-state index >= 15 is 0 Å². The van der Waals surface area contributed by atoms with Gasteiger partial charge in [0.25, 0.3) is 0 Å². The second kappa shape index (κ2) is 6.78. The Morgan fingerprint density at radius 1 is 1.21 bits per heavy atom. The molecule has 2 heterocycles. The van der Waals surface area contributed by atoms with E-state index < -0.39 is 10.0 Å². The molecule has 1 saturated heterocycles. The fourth-order valence-electron chi connectivity index (χ4n) is 2.70. The molecular weight excluding hydrogens is 328 g/mol. The molecule has 0 N–H and O–H groups in total. The van der Waals surface area contributed by atoms with Crippen LogP contribution in [0.5, 0.6) is 11.5 Å². The SMILES string of the molecule is COc1ccccc1S(=O)(=O)N1CCC(Oc2ccc(C)nc2)C1.